The molecule has 1 aliphatic rings. The van der Waals surface area contributed by atoms with E-state index in [1.54, 1.807) is 18.4 Å². The Morgan fingerprint density at radius 1 is 1.20 bits per heavy atom. The Labute approximate surface area is 156 Å². The highest BCUT2D eigenvalue weighted by Crippen LogP contribution is 2.22. The van der Waals surface area contributed by atoms with Crippen LogP contribution in [0, 0.1) is 5.92 Å². The van der Waals surface area contributed by atoms with Crippen molar-refractivity contribution < 1.29 is 4.74 Å². The van der Waals surface area contributed by atoms with Crippen LogP contribution in [-0.4, -0.2) is 50.1 Å². The highest BCUT2D eigenvalue weighted by Gasteiger charge is 2.20. The van der Waals surface area contributed by atoms with E-state index in [0.717, 1.165) is 31.2 Å². The average Bonchev–Trinajstić information content (AvgIpc) is 3.14. The summed E-state index contributed by atoms with van der Waals surface area (Å²) in [5.41, 5.74) is 2.77. The summed E-state index contributed by atoms with van der Waals surface area (Å²) in [5.74, 6) is 1.86. The molecule has 0 radical (unpaired) electrons. The average molecular weight is 359 g/mol. The fourth-order valence-corrected chi connectivity index (χ4v) is 4.44. The molecule has 1 saturated heterocycles. The second-order valence-electron chi connectivity index (χ2n) is 7.18. The lowest BCUT2D eigenvalue weighted by Gasteiger charge is -2.34. The number of hydrogen-bond acceptors (Lipinski definition) is 4. The third-order valence-electron chi connectivity index (χ3n) is 5.20. The summed E-state index contributed by atoms with van der Waals surface area (Å²) in [6.07, 6.45) is 3.71. The van der Waals surface area contributed by atoms with E-state index in [9.17, 15) is 0 Å². The summed E-state index contributed by atoms with van der Waals surface area (Å²) in [6, 6.07) is 10.6. The van der Waals surface area contributed by atoms with E-state index in [1.165, 1.54) is 43.6 Å². The second kappa shape index (κ2) is 9.37. The molecule has 0 bridgehead atoms. The SMILES string of the molecule is COc1ccccc1CCN1CCC(CN(C)Cc2ccsc2)CC1. The van der Waals surface area contributed by atoms with Gasteiger partial charge in [-0.3, -0.25) is 0 Å². The molecule has 0 atom stereocenters. The van der Waals surface area contributed by atoms with Gasteiger partial charge in [-0.2, -0.15) is 11.3 Å². The molecule has 0 unspecified atom stereocenters. The van der Waals surface area contributed by atoms with Gasteiger partial charge in [0.1, 0.15) is 5.75 Å². The molecule has 2 heterocycles. The minimum atomic E-state index is 0.839. The van der Waals surface area contributed by atoms with Crippen molar-refractivity contribution in [2.45, 2.75) is 25.8 Å². The quantitative estimate of drug-likeness (QED) is 0.705. The van der Waals surface area contributed by atoms with E-state index < -0.39 is 0 Å². The highest BCUT2D eigenvalue weighted by atomic mass is 32.1. The molecule has 1 aliphatic heterocycles. The summed E-state index contributed by atoms with van der Waals surface area (Å²) in [7, 11) is 4.02. The Balaban J connectivity index is 1.38. The Morgan fingerprint density at radius 3 is 2.72 bits per heavy atom. The summed E-state index contributed by atoms with van der Waals surface area (Å²) in [5, 5.41) is 4.43. The predicted octanol–water partition coefficient (Wildman–Crippen LogP) is 4.14. The standard InChI is InChI=1S/C21H30N2OS/c1-22(16-19-10-14-25-17-19)15-18-7-11-23(12-8-18)13-9-20-5-3-4-6-21(20)24-2/h3-6,10,14,17-18H,7-9,11-13,15-16H2,1-2H3. The number of thiophene rings is 1. The van der Waals surface area contributed by atoms with E-state index in [2.05, 4.69) is 51.9 Å². The van der Waals surface area contributed by atoms with E-state index in [1.807, 2.05) is 6.07 Å². The largest absolute Gasteiger partial charge is 0.496 e. The molecule has 0 aliphatic carbocycles. The zero-order valence-electron chi connectivity index (χ0n) is 15.5. The molecule has 0 spiro atoms. The third-order valence-corrected chi connectivity index (χ3v) is 5.93. The van der Waals surface area contributed by atoms with Crippen LogP contribution in [0.2, 0.25) is 0 Å². The zero-order chi connectivity index (χ0) is 17.5. The number of methoxy groups -OCH3 is 1. The van der Waals surface area contributed by atoms with Crippen molar-refractivity contribution in [3.8, 4) is 5.75 Å². The molecule has 0 amide bonds. The van der Waals surface area contributed by atoms with Crippen molar-refractivity contribution in [2.24, 2.45) is 5.92 Å². The molecule has 0 saturated carbocycles. The van der Waals surface area contributed by atoms with Crippen molar-refractivity contribution in [2.75, 3.05) is 40.3 Å². The van der Waals surface area contributed by atoms with E-state index in [4.69, 9.17) is 4.74 Å². The van der Waals surface area contributed by atoms with Gasteiger partial charge in [0.25, 0.3) is 0 Å². The Kier molecular flexibility index (Phi) is 6.91. The van der Waals surface area contributed by atoms with Gasteiger partial charge in [0.05, 0.1) is 7.11 Å². The van der Waals surface area contributed by atoms with Crippen LogP contribution in [-0.2, 0) is 13.0 Å². The van der Waals surface area contributed by atoms with Crippen LogP contribution in [0.15, 0.2) is 41.1 Å². The summed E-state index contributed by atoms with van der Waals surface area (Å²) in [4.78, 5) is 5.10. The number of benzene rings is 1. The van der Waals surface area contributed by atoms with Gasteiger partial charge in [-0.1, -0.05) is 18.2 Å². The Bertz CT molecular complexity index is 621. The maximum Gasteiger partial charge on any atom is 0.122 e. The fraction of sp³-hybridized carbons (Fsp3) is 0.524. The van der Waals surface area contributed by atoms with E-state index in [-0.39, 0.29) is 0 Å². The molecule has 3 rings (SSSR count). The van der Waals surface area contributed by atoms with Gasteiger partial charge in [0.15, 0.2) is 0 Å². The Morgan fingerprint density at radius 2 is 2.00 bits per heavy atom. The first-order chi connectivity index (χ1) is 12.2. The summed E-state index contributed by atoms with van der Waals surface area (Å²) < 4.78 is 5.47. The molecule has 2 aromatic rings. The third kappa shape index (κ3) is 5.56. The predicted molar refractivity (Wildman–Crippen MR) is 107 cm³/mol. The van der Waals surface area contributed by atoms with Gasteiger partial charge >= 0.3 is 0 Å². The zero-order valence-corrected chi connectivity index (χ0v) is 16.3. The molecule has 4 heteroatoms. The van der Waals surface area contributed by atoms with Crippen molar-refractivity contribution in [3.05, 3.63) is 52.2 Å². The monoisotopic (exact) mass is 358 g/mol. The first-order valence-electron chi connectivity index (χ1n) is 9.28. The smallest absolute Gasteiger partial charge is 0.122 e. The number of hydrogen-bond donors (Lipinski definition) is 0. The van der Waals surface area contributed by atoms with Crippen LogP contribution in [0.25, 0.3) is 0 Å². The number of para-hydroxylation sites is 1. The van der Waals surface area contributed by atoms with Gasteiger partial charge in [-0.15, -0.1) is 0 Å². The number of piperidine rings is 1. The minimum Gasteiger partial charge on any atom is -0.496 e. The van der Waals surface area contributed by atoms with Gasteiger partial charge in [0, 0.05) is 19.6 Å². The maximum absolute atomic E-state index is 5.47. The van der Waals surface area contributed by atoms with Crippen LogP contribution >= 0.6 is 11.3 Å². The molecule has 1 aromatic carbocycles. The van der Waals surface area contributed by atoms with Crippen LogP contribution in [0.4, 0.5) is 0 Å². The van der Waals surface area contributed by atoms with Crippen LogP contribution < -0.4 is 4.74 Å². The number of nitrogens with zero attached hydrogens (tertiary/aromatic N) is 2. The summed E-state index contributed by atoms with van der Waals surface area (Å²) in [6.45, 7) is 5.89. The molecular formula is C21H30N2OS. The maximum atomic E-state index is 5.47. The lowest BCUT2D eigenvalue weighted by atomic mass is 9.96. The lowest BCUT2D eigenvalue weighted by molar-refractivity contribution is 0.153. The lowest BCUT2D eigenvalue weighted by Crippen LogP contribution is -2.38. The molecule has 136 valence electrons. The van der Waals surface area contributed by atoms with Crippen molar-refractivity contribution in [1.82, 2.24) is 9.80 Å². The first kappa shape index (κ1) is 18.4. The molecule has 1 aromatic heterocycles. The van der Waals surface area contributed by atoms with Gasteiger partial charge in [-0.05, 0) is 79.3 Å². The van der Waals surface area contributed by atoms with Gasteiger partial charge < -0.3 is 14.5 Å². The van der Waals surface area contributed by atoms with E-state index >= 15 is 0 Å². The fourth-order valence-electron chi connectivity index (χ4n) is 3.78. The Hall–Kier alpha value is -1.36. The molecule has 25 heavy (non-hydrogen) atoms. The van der Waals surface area contributed by atoms with Crippen molar-refractivity contribution in [3.63, 3.8) is 0 Å². The van der Waals surface area contributed by atoms with Gasteiger partial charge in [-0.25, -0.2) is 0 Å². The normalized spacial score (nSPS) is 16.4. The molecule has 1 fully saturated rings. The summed E-state index contributed by atoms with van der Waals surface area (Å²) >= 11 is 1.79. The minimum absolute atomic E-state index is 0.839. The topological polar surface area (TPSA) is 15.7 Å². The van der Waals surface area contributed by atoms with Crippen LogP contribution in [0.3, 0.4) is 0 Å². The number of rotatable bonds is 8. The molecular weight excluding hydrogens is 328 g/mol. The first-order valence-corrected chi connectivity index (χ1v) is 10.2. The second-order valence-corrected chi connectivity index (χ2v) is 7.96. The van der Waals surface area contributed by atoms with Crippen molar-refractivity contribution >= 4 is 11.3 Å². The van der Waals surface area contributed by atoms with Crippen molar-refractivity contribution in [1.29, 1.82) is 0 Å². The highest BCUT2D eigenvalue weighted by molar-refractivity contribution is 7.07. The molecule has 3 nitrogen and oxygen atoms in total. The van der Waals surface area contributed by atoms with Crippen LogP contribution in [0.5, 0.6) is 5.75 Å². The van der Waals surface area contributed by atoms with E-state index in [0.29, 0.717) is 0 Å². The number of ether oxygens (including phenoxy) is 1. The molecule has 0 N–H and O–H groups in total. The number of likely N-dealkylation sites (tertiary alicyclic amines) is 1. The van der Waals surface area contributed by atoms with Crippen LogP contribution in [0.1, 0.15) is 24.0 Å². The van der Waals surface area contributed by atoms with Gasteiger partial charge in [0.2, 0.25) is 0 Å².